The second-order valence-corrected chi connectivity index (χ2v) is 6.66. The first-order valence-corrected chi connectivity index (χ1v) is 8.49. The largest absolute Gasteiger partial charge is 0.385 e. The van der Waals surface area contributed by atoms with Crippen LogP contribution in [0.2, 0.25) is 0 Å². The number of thiophene rings is 1. The second kappa shape index (κ2) is 10.3. The van der Waals surface area contributed by atoms with E-state index in [1.807, 2.05) is 11.3 Å². The number of methoxy groups -OCH3 is 2. The standard InChI is InChI=1S/C16H30N2O2S/c1-5-14(17)16(15-8-7-13(2)21-15)18(10-12-20-4)9-6-11-19-3/h7-8,14,16H,5-6,9-12,17H2,1-4H3. The first kappa shape index (κ1) is 18.6. The second-order valence-electron chi connectivity index (χ2n) is 5.34. The topological polar surface area (TPSA) is 47.7 Å². The molecule has 5 heteroatoms. The molecule has 21 heavy (non-hydrogen) atoms. The Hall–Kier alpha value is -0.460. The molecule has 0 radical (unpaired) electrons. The van der Waals surface area contributed by atoms with Crippen LogP contribution in [0.5, 0.6) is 0 Å². The zero-order valence-electron chi connectivity index (χ0n) is 13.8. The van der Waals surface area contributed by atoms with Crippen molar-refractivity contribution in [1.29, 1.82) is 0 Å². The lowest BCUT2D eigenvalue weighted by atomic mass is 10.0. The summed E-state index contributed by atoms with van der Waals surface area (Å²) in [6.07, 6.45) is 1.98. The highest BCUT2D eigenvalue weighted by Gasteiger charge is 2.26. The molecule has 1 aromatic rings. The third-order valence-corrected chi connectivity index (χ3v) is 4.77. The molecule has 0 amide bonds. The molecular formula is C16H30N2O2S. The van der Waals surface area contributed by atoms with Crippen molar-refractivity contribution in [2.24, 2.45) is 5.73 Å². The molecule has 1 rings (SSSR count). The summed E-state index contributed by atoms with van der Waals surface area (Å²) in [5.41, 5.74) is 6.43. The zero-order chi connectivity index (χ0) is 15.7. The maximum Gasteiger partial charge on any atom is 0.0594 e. The van der Waals surface area contributed by atoms with E-state index in [0.717, 1.165) is 39.1 Å². The smallest absolute Gasteiger partial charge is 0.0594 e. The van der Waals surface area contributed by atoms with Gasteiger partial charge in [0.15, 0.2) is 0 Å². The number of hydrogen-bond donors (Lipinski definition) is 1. The lowest BCUT2D eigenvalue weighted by Gasteiger charge is -2.34. The van der Waals surface area contributed by atoms with E-state index < -0.39 is 0 Å². The normalized spacial score (nSPS) is 14.6. The zero-order valence-corrected chi connectivity index (χ0v) is 14.6. The van der Waals surface area contributed by atoms with Gasteiger partial charge < -0.3 is 15.2 Å². The highest BCUT2D eigenvalue weighted by Crippen LogP contribution is 2.30. The Kier molecular flexibility index (Phi) is 9.11. The molecule has 0 aliphatic carbocycles. The summed E-state index contributed by atoms with van der Waals surface area (Å²) in [6, 6.07) is 4.80. The highest BCUT2D eigenvalue weighted by atomic mass is 32.1. The van der Waals surface area contributed by atoms with Crippen LogP contribution in [0.25, 0.3) is 0 Å². The van der Waals surface area contributed by atoms with Crippen LogP contribution in [-0.4, -0.2) is 51.5 Å². The summed E-state index contributed by atoms with van der Waals surface area (Å²) < 4.78 is 10.5. The van der Waals surface area contributed by atoms with E-state index in [0.29, 0.717) is 0 Å². The Bertz CT molecular complexity index is 384. The first-order chi connectivity index (χ1) is 10.1. The van der Waals surface area contributed by atoms with Crippen LogP contribution in [0.1, 0.15) is 35.6 Å². The molecule has 1 aromatic heterocycles. The van der Waals surface area contributed by atoms with Gasteiger partial charge in [0.05, 0.1) is 12.6 Å². The number of aryl methyl sites for hydroxylation is 1. The van der Waals surface area contributed by atoms with Crippen molar-refractivity contribution in [1.82, 2.24) is 4.90 Å². The number of hydrogen-bond acceptors (Lipinski definition) is 5. The van der Waals surface area contributed by atoms with Crippen LogP contribution in [0.3, 0.4) is 0 Å². The van der Waals surface area contributed by atoms with E-state index in [4.69, 9.17) is 15.2 Å². The van der Waals surface area contributed by atoms with Gasteiger partial charge in [-0.3, -0.25) is 4.90 Å². The maximum absolute atomic E-state index is 6.43. The minimum atomic E-state index is 0.141. The predicted octanol–water partition coefficient (Wildman–Crippen LogP) is 2.82. The molecule has 0 aliphatic heterocycles. The first-order valence-electron chi connectivity index (χ1n) is 7.67. The van der Waals surface area contributed by atoms with E-state index in [1.165, 1.54) is 9.75 Å². The Labute approximate surface area is 133 Å². The van der Waals surface area contributed by atoms with Crippen molar-refractivity contribution in [2.75, 3.05) is 40.5 Å². The van der Waals surface area contributed by atoms with Crippen molar-refractivity contribution < 1.29 is 9.47 Å². The summed E-state index contributed by atoms with van der Waals surface area (Å²) in [7, 11) is 3.49. The van der Waals surface area contributed by atoms with Gasteiger partial charge in [-0.15, -0.1) is 11.3 Å². The number of ether oxygens (including phenoxy) is 2. The molecule has 0 saturated carbocycles. The van der Waals surface area contributed by atoms with E-state index in [2.05, 4.69) is 30.9 Å². The van der Waals surface area contributed by atoms with Gasteiger partial charge in [0.1, 0.15) is 0 Å². The van der Waals surface area contributed by atoms with Gasteiger partial charge in [-0.1, -0.05) is 6.92 Å². The molecule has 0 aliphatic rings. The van der Waals surface area contributed by atoms with Crippen LogP contribution in [-0.2, 0) is 9.47 Å². The summed E-state index contributed by atoms with van der Waals surface area (Å²) in [4.78, 5) is 5.14. The van der Waals surface area contributed by atoms with Crippen molar-refractivity contribution in [2.45, 2.75) is 38.8 Å². The third-order valence-electron chi connectivity index (χ3n) is 3.70. The molecule has 0 aromatic carbocycles. The molecule has 0 spiro atoms. The molecular weight excluding hydrogens is 284 g/mol. The molecule has 0 bridgehead atoms. The quantitative estimate of drug-likeness (QED) is 0.638. The average molecular weight is 314 g/mol. The fourth-order valence-corrected chi connectivity index (χ4v) is 3.60. The molecule has 122 valence electrons. The molecule has 4 nitrogen and oxygen atoms in total. The molecule has 2 atom stereocenters. The van der Waals surface area contributed by atoms with Gasteiger partial charge in [0, 0.05) is 49.7 Å². The number of nitrogens with zero attached hydrogens (tertiary/aromatic N) is 1. The van der Waals surface area contributed by atoms with Gasteiger partial charge in [0.25, 0.3) is 0 Å². The average Bonchev–Trinajstić information content (AvgIpc) is 2.90. The Morgan fingerprint density at radius 1 is 1.19 bits per heavy atom. The molecule has 2 unspecified atom stereocenters. The van der Waals surface area contributed by atoms with E-state index >= 15 is 0 Å². The van der Waals surface area contributed by atoms with Gasteiger partial charge in [-0.2, -0.15) is 0 Å². The van der Waals surface area contributed by atoms with Crippen LogP contribution >= 0.6 is 11.3 Å². The van der Waals surface area contributed by atoms with E-state index in [-0.39, 0.29) is 12.1 Å². The minimum absolute atomic E-state index is 0.141. The monoisotopic (exact) mass is 314 g/mol. The summed E-state index contributed by atoms with van der Waals surface area (Å²) in [5.74, 6) is 0. The maximum atomic E-state index is 6.43. The van der Waals surface area contributed by atoms with Crippen molar-refractivity contribution >= 4 is 11.3 Å². The van der Waals surface area contributed by atoms with Crippen molar-refractivity contribution in [3.8, 4) is 0 Å². The van der Waals surface area contributed by atoms with Crippen LogP contribution < -0.4 is 5.73 Å². The van der Waals surface area contributed by atoms with Crippen molar-refractivity contribution in [3.63, 3.8) is 0 Å². The van der Waals surface area contributed by atoms with Gasteiger partial charge in [-0.05, 0) is 31.9 Å². The van der Waals surface area contributed by atoms with Gasteiger partial charge >= 0.3 is 0 Å². The van der Waals surface area contributed by atoms with E-state index in [1.54, 1.807) is 14.2 Å². The summed E-state index contributed by atoms with van der Waals surface area (Å²) in [5, 5.41) is 0. The molecule has 0 saturated heterocycles. The minimum Gasteiger partial charge on any atom is -0.385 e. The van der Waals surface area contributed by atoms with Crippen LogP contribution in [0.4, 0.5) is 0 Å². The Morgan fingerprint density at radius 3 is 2.43 bits per heavy atom. The molecule has 1 heterocycles. The molecule has 2 N–H and O–H groups in total. The SMILES string of the molecule is CCC(N)C(c1ccc(C)s1)N(CCCOC)CCOC. The fraction of sp³-hybridized carbons (Fsp3) is 0.750. The Morgan fingerprint density at radius 2 is 1.90 bits per heavy atom. The van der Waals surface area contributed by atoms with Crippen LogP contribution in [0, 0.1) is 6.92 Å². The third kappa shape index (κ3) is 6.04. The summed E-state index contributed by atoms with van der Waals surface area (Å²) >= 11 is 1.85. The molecule has 0 fully saturated rings. The fourth-order valence-electron chi connectivity index (χ4n) is 2.51. The lowest BCUT2D eigenvalue weighted by Crippen LogP contribution is -2.42. The van der Waals surface area contributed by atoms with Crippen molar-refractivity contribution in [3.05, 3.63) is 21.9 Å². The Balaban J connectivity index is 2.87. The highest BCUT2D eigenvalue weighted by molar-refractivity contribution is 7.12. The van der Waals surface area contributed by atoms with E-state index in [9.17, 15) is 0 Å². The lowest BCUT2D eigenvalue weighted by molar-refractivity contribution is 0.0965. The number of nitrogens with two attached hydrogens (primary N) is 1. The van der Waals surface area contributed by atoms with Gasteiger partial charge in [-0.25, -0.2) is 0 Å². The number of rotatable bonds is 11. The van der Waals surface area contributed by atoms with Crippen LogP contribution in [0.15, 0.2) is 12.1 Å². The summed E-state index contributed by atoms with van der Waals surface area (Å²) in [6.45, 7) is 7.68. The predicted molar refractivity (Wildman–Crippen MR) is 90.0 cm³/mol. The van der Waals surface area contributed by atoms with Gasteiger partial charge in [0.2, 0.25) is 0 Å².